The lowest BCUT2D eigenvalue weighted by atomic mass is 10.2. The molecule has 0 fully saturated rings. The van der Waals surface area contributed by atoms with E-state index in [0.717, 1.165) is 23.8 Å². The first kappa shape index (κ1) is 23.7. The number of carbonyl (C=O) groups is 1. The summed E-state index contributed by atoms with van der Waals surface area (Å²) in [6.45, 7) is 8.81. The zero-order valence-electron chi connectivity index (χ0n) is 19.1. The summed E-state index contributed by atoms with van der Waals surface area (Å²) in [5, 5.41) is 12.1. The van der Waals surface area contributed by atoms with Gasteiger partial charge in [0.1, 0.15) is 11.5 Å². The zero-order valence-corrected chi connectivity index (χ0v) is 19.9. The minimum Gasteiger partial charge on any atom is -0.497 e. The van der Waals surface area contributed by atoms with Crippen LogP contribution < -0.4 is 14.8 Å². The van der Waals surface area contributed by atoms with Gasteiger partial charge in [-0.25, -0.2) is 0 Å². The minimum atomic E-state index is -0.340. The smallest absolute Gasteiger partial charge is 0.237 e. The van der Waals surface area contributed by atoms with Crippen molar-refractivity contribution in [3.05, 3.63) is 60.4 Å². The Labute approximate surface area is 193 Å². The molecule has 0 radical (unpaired) electrons. The summed E-state index contributed by atoms with van der Waals surface area (Å²) in [6.07, 6.45) is -0.323. The summed E-state index contributed by atoms with van der Waals surface area (Å²) in [5.74, 6) is 2.44. The fourth-order valence-corrected chi connectivity index (χ4v) is 4.00. The van der Waals surface area contributed by atoms with Crippen LogP contribution in [-0.2, 0) is 11.3 Å². The first-order valence-electron chi connectivity index (χ1n) is 10.6. The summed E-state index contributed by atoms with van der Waals surface area (Å²) >= 11 is 1.39. The Kier molecular flexibility index (Phi) is 8.16. The van der Waals surface area contributed by atoms with Gasteiger partial charge in [0.15, 0.2) is 17.1 Å². The highest BCUT2D eigenvalue weighted by molar-refractivity contribution is 8.00. The molecule has 0 aliphatic carbocycles. The molecular formula is C24H30N4O3S. The molecule has 2 unspecified atom stereocenters. The molecule has 0 saturated carbocycles. The molecule has 170 valence electrons. The van der Waals surface area contributed by atoms with Crippen molar-refractivity contribution in [2.24, 2.45) is 5.92 Å². The van der Waals surface area contributed by atoms with Crippen molar-refractivity contribution in [3.8, 4) is 11.5 Å². The van der Waals surface area contributed by atoms with Gasteiger partial charge in [-0.1, -0.05) is 49.9 Å². The standard InChI is InChI=1S/C24H30N4O3S/c1-16(2)15-28-22(17(3)31-21-13-9-12-20(14-21)30-5)26-27-24(28)32-18(4)23(29)25-19-10-7-6-8-11-19/h6-14,16-18H,15H2,1-5H3,(H,25,29). The number of nitrogens with zero attached hydrogens (tertiary/aromatic N) is 3. The monoisotopic (exact) mass is 454 g/mol. The Balaban J connectivity index is 1.75. The van der Waals surface area contributed by atoms with Crippen molar-refractivity contribution in [1.29, 1.82) is 0 Å². The molecule has 32 heavy (non-hydrogen) atoms. The van der Waals surface area contributed by atoms with Gasteiger partial charge in [0.2, 0.25) is 5.91 Å². The minimum absolute atomic E-state index is 0.0810. The lowest BCUT2D eigenvalue weighted by molar-refractivity contribution is -0.115. The molecule has 1 aromatic heterocycles. The van der Waals surface area contributed by atoms with E-state index in [4.69, 9.17) is 9.47 Å². The number of thioether (sulfide) groups is 1. The van der Waals surface area contributed by atoms with Gasteiger partial charge in [0.25, 0.3) is 0 Å². The molecule has 3 aromatic rings. The summed E-state index contributed by atoms with van der Waals surface area (Å²) in [4.78, 5) is 12.7. The Morgan fingerprint density at radius 3 is 2.44 bits per heavy atom. The molecule has 0 aliphatic heterocycles. The number of anilines is 1. The van der Waals surface area contributed by atoms with Crippen LogP contribution in [-0.4, -0.2) is 33.0 Å². The number of amides is 1. The molecule has 3 rings (SSSR count). The highest BCUT2D eigenvalue weighted by Crippen LogP contribution is 2.29. The van der Waals surface area contributed by atoms with E-state index in [9.17, 15) is 4.79 Å². The Hall–Kier alpha value is -3.00. The molecule has 0 aliphatic rings. The number of ether oxygens (including phenoxy) is 2. The second kappa shape index (κ2) is 11.0. The number of methoxy groups -OCH3 is 1. The van der Waals surface area contributed by atoms with Crippen molar-refractivity contribution in [2.75, 3.05) is 12.4 Å². The topological polar surface area (TPSA) is 78.3 Å². The Morgan fingerprint density at radius 2 is 1.75 bits per heavy atom. The fraction of sp³-hybridized carbons (Fsp3) is 0.375. The number of aromatic nitrogens is 3. The molecule has 0 saturated heterocycles. The third kappa shape index (κ3) is 6.26. The normalized spacial score (nSPS) is 12.9. The molecule has 8 heteroatoms. The van der Waals surface area contributed by atoms with Gasteiger partial charge in [-0.05, 0) is 44.0 Å². The van der Waals surface area contributed by atoms with Crippen molar-refractivity contribution in [3.63, 3.8) is 0 Å². The average molecular weight is 455 g/mol. The largest absolute Gasteiger partial charge is 0.497 e. The Morgan fingerprint density at radius 1 is 1.03 bits per heavy atom. The number of hydrogen-bond donors (Lipinski definition) is 1. The SMILES string of the molecule is COc1cccc(OC(C)c2nnc(SC(C)C(=O)Nc3ccccc3)n2CC(C)C)c1. The van der Waals surface area contributed by atoms with Gasteiger partial charge in [-0.2, -0.15) is 0 Å². The number of benzene rings is 2. The van der Waals surface area contributed by atoms with Crippen molar-refractivity contribution < 1.29 is 14.3 Å². The fourth-order valence-electron chi connectivity index (χ4n) is 3.13. The van der Waals surface area contributed by atoms with E-state index in [0.29, 0.717) is 16.8 Å². The maximum Gasteiger partial charge on any atom is 0.237 e. The van der Waals surface area contributed by atoms with Gasteiger partial charge < -0.3 is 19.4 Å². The third-order valence-electron chi connectivity index (χ3n) is 4.70. The van der Waals surface area contributed by atoms with Crippen LogP contribution in [0.25, 0.3) is 0 Å². The second-order valence-electron chi connectivity index (χ2n) is 7.90. The van der Waals surface area contributed by atoms with E-state index < -0.39 is 0 Å². The lowest BCUT2D eigenvalue weighted by Gasteiger charge is -2.19. The number of nitrogens with one attached hydrogen (secondary N) is 1. The van der Waals surface area contributed by atoms with Crippen LogP contribution in [0.5, 0.6) is 11.5 Å². The number of hydrogen-bond acceptors (Lipinski definition) is 6. The predicted molar refractivity (Wildman–Crippen MR) is 127 cm³/mol. The molecule has 1 heterocycles. The van der Waals surface area contributed by atoms with Gasteiger partial charge in [-0.15, -0.1) is 10.2 Å². The molecule has 7 nitrogen and oxygen atoms in total. The van der Waals surface area contributed by atoms with Gasteiger partial charge in [0.05, 0.1) is 12.4 Å². The first-order chi connectivity index (χ1) is 15.4. The van der Waals surface area contributed by atoms with Crippen LogP contribution in [0.15, 0.2) is 59.8 Å². The molecule has 1 amide bonds. The zero-order chi connectivity index (χ0) is 23.1. The van der Waals surface area contributed by atoms with Crippen molar-refractivity contribution in [1.82, 2.24) is 14.8 Å². The van der Waals surface area contributed by atoms with E-state index in [1.807, 2.05) is 73.0 Å². The summed E-state index contributed by atoms with van der Waals surface area (Å²) in [5.41, 5.74) is 0.773. The summed E-state index contributed by atoms with van der Waals surface area (Å²) in [6, 6.07) is 16.9. The van der Waals surface area contributed by atoms with Crippen molar-refractivity contribution >= 4 is 23.4 Å². The van der Waals surface area contributed by atoms with Gasteiger partial charge in [-0.3, -0.25) is 4.79 Å². The molecule has 2 aromatic carbocycles. The quantitative estimate of drug-likeness (QED) is 0.424. The van der Waals surface area contributed by atoms with E-state index >= 15 is 0 Å². The summed E-state index contributed by atoms with van der Waals surface area (Å²) in [7, 11) is 1.63. The maximum absolute atomic E-state index is 12.7. The maximum atomic E-state index is 12.7. The van der Waals surface area contributed by atoms with Crippen molar-refractivity contribution in [2.45, 2.75) is 50.8 Å². The van der Waals surface area contributed by atoms with Gasteiger partial charge >= 0.3 is 0 Å². The first-order valence-corrected chi connectivity index (χ1v) is 11.5. The highest BCUT2D eigenvalue weighted by atomic mass is 32.2. The third-order valence-corrected chi connectivity index (χ3v) is 5.78. The number of rotatable bonds is 10. The van der Waals surface area contributed by atoms with E-state index in [1.54, 1.807) is 7.11 Å². The Bertz CT molecular complexity index is 1020. The molecular weight excluding hydrogens is 424 g/mol. The van der Waals surface area contributed by atoms with Crippen LogP contribution in [0.1, 0.15) is 39.6 Å². The molecule has 0 bridgehead atoms. The lowest BCUT2D eigenvalue weighted by Crippen LogP contribution is -2.23. The molecule has 2 atom stereocenters. The van der Waals surface area contributed by atoms with Crippen LogP contribution in [0, 0.1) is 5.92 Å². The van der Waals surface area contributed by atoms with Crippen LogP contribution in [0.4, 0.5) is 5.69 Å². The summed E-state index contributed by atoms with van der Waals surface area (Å²) < 4.78 is 13.4. The number of carbonyl (C=O) groups excluding carboxylic acids is 1. The van der Waals surface area contributed by atoms with E-state index in [1.165, 1.54) is 11.8 Å². The van der Waals surface area contributed by atoms with Gasteiger partial charge in [0, 0.05) is 18.3 Å². The van der Waals surface area contributed by atoms with Crippen LogP contribution >= 0.6 is 11.8 Å². The average Bonchev–Trinajstić information content (AvgIpc) is 3.16. The highest BCUT2D eigenvalue weighted by Gasteiger charge is 2.24. The second-order valence-corrected chi connectivity index (χ2v) is 9.21. The van der Waals surface area contributed by atoms with Crippen LogP contribution in [0.3, 0.4) is 0 Å². The molecule has 1 N–H and O–H groups in total. The van der Waals surface area contributed by atoms with E-state index in [2.05, 4.69) is 29.4 Å². The van der Waals surface area contributed by atoms with Crippen LogP contribution in [0.2, 0.25) is 0 Å². The van der Waals surface area contributed by atoms with E-state index in [-0.39, 0.29) is 17.3 Å². The predicted octanol–water partition coefficient (Wildman–Crippen LogP) is 5.20. The number of para-hydroxylation sites is 1. The molecule has 0 spiro atoms.